The Morgan fingerprint density at radius 2 is 1.67 bits per heavy atom. The zero-order chi connectivity index (χ0) is 13.5. The minimum Gasteiger partial charge on any atom is -0.325 e. The number of carbonyl (C=O) groups is 1. The van der Waals surface area contributed by atoms with E-state index in [0.29, 0.717) is 15.7 Å². The molecule has 0 aliphatic carbocycles. The van der Waals surface area contributed by atoms with Gasteiger partial charge in [-0.2, -0.15) is 0 Å². The maximum Gasteiger partial charge on any atom is 0.321 e. The Hall–Kier alpha value is -0.930. The Bertz CT molecular complexity index is 384. The van der Waals surface area contributed by atoms with Gasteiger partial charge in [-0.25, -0.2) is 4.79 Å². The van der Waals surface area contributed by atoms with Gasteiger partial charge in [-0.15, -0.1) is 0 Å². The topological polar surface area (TPSA) is 32.3 Å². The van der Waals surface area contributed by atoms with Gasteiger partial charge in [0.2, 0.25) is 0 Å². The van der Waals surface area contributed by atoms with Crippen LogP contribution in [0.2, 0.25) is 10.0 Å². The standard InChI is InChI=1S/C13H18Cl2N2O/c1-3-8-17(9-4-2)13(18)16-12-10(14)6-5-7-11(12)15/h5-7H,3-4,8-9H2,1-2H3,(H,16,18). The van der Waals surface area contributed by atoms with Gasteiger partial charge in [0.15, 0.2) is 0 Å². The molecule has 3 nitrogen and oxygen atoms in total. The number of hydrogen-bond donors (Lipinski definition) is 1. The summed E-state index contributed by atoms with van der Waals surface area (Å²) in [5.74, 6) is 0. The summed E-state index contributed by atoms with van der Waals surface area (Å²) >= 11 is 12.0. The molecular formula is C13H18Cl2N2O. The second kappa shape index (κ2) is 7.49. The molecule has 0 unspecified atom stereocenters. The molecule has 18 heavy (non-hydrogen) atoms. The molecule has 1 rings (SSSR count). The third-order valence-corrected chi connectivity index (χ3v) is 3.10. The van der Waals surface area contributed by atoms with E-state index in [1.54, 1.807) is 23.1 Å². The summed E-state index contributed by atoms with van der Waals surface area (Å²) in [4.78, 5) is 13.9. The predicted molar refractivity (Wildman–Crippen MR) is 77.6 cm³/mol. The van der Waals surface area contributed by atoms with Gasteiger partial charge in [0.1, 0.15) is 0 Å². The van der Waals surface area contributed by atoms with Crippen LogP contribution in [0.25, 0.3) is 0 Å². The molecule has 0 saturated carbocycles. The summed E-state index contributed by atoms with van der Waals surface area (Å²) in [6.45, 7) is 5.53. The fraction of sp³-hybridized carbons (Fsp3) is 0.462. The summed E-state index contributed by atoms with van der Waals surface area (Å²) < 4.78 is 0. The average Bonchev–Trinajstić information content (AvgIpc) is 2.33. The van der Waals surface area contributed by atoms with Crippen molar-refractivity contribution in [3.05, 3.63) is 28.2 Å². The number of benzene rings is 1. The van der Waals surface area contributed by atoms with Crippen molar-refractivity contribution in [3.8, 4) is 0 Å². The number of carbonyl (C=O) groups excluding carboxylic acids is 1. The highest BCUT2D eigenvalue weighted by Gasteiger charge is 2.14. The molecule has 0 atom stereocenters. The van der Waals surface area contributed by atoms with Crippen LogP contribution in [0.3, 0.4) is 0 Å². The smallest absolute Gasteiger partial charge is 0.321 e. The van der Waals surface area contributed by atoms with E-state index in [-0.39, 0.29) is 6.03 Å². The molecule has 5 heteroatoms. The van der Waals surface area contributed by atoms with Gasteiger partial charge in [-0.3, -0.25) is 0 Å². The van der Waals surface area contributed by atoms with Gasteiger partial charge < -0.3 is 10.2 Å². The SMILES string of the molecule is CCCN(CCC)C(=O)Nc1c(Cl)cccc1Cl. The van der Waals surface area contributed by atoms with Crippen molar-refractivity contribution in [2.75, 3.05) is 18.4 Å². The summed E-state index contributed by atoms with van der Waals surface area (Å²) in [7, 11) is 0. The summed E-state index contributed by atoms with van der Waals surface area (Å²) in [5, 5.41) is 3.67. The first-order valence-electron chi connectivity index (χ1n) is 6.10. The van der Waals surface area contributed by atoms with Gasteiger partial charge >= 0.3 is 6.03 Å². The highest BCUT2D eigenvalue weighted by molar-refractivity contribution is 6.39. The molecule has 1 aromatic rings. The molecule has 0 saturated heterocycles. The first-order chi connectivity index (χ1) is 8.60. The Balaban J connectivity index is 2.79. The highest BCUT2D eigenvalue weighted by Crippen LogP contribution is 2.29. The molecule has 0 radical (unpaired) electrons. The van der Waals surface area contributed by atoms with Crippen molar-refractivity contribution < 1.29 is 4.79 Å². The van der Waals surface area contributed by atoms with Crippen molar-refractivity contribution in [2.24, 2.45) is 0 Å². The number of urea groups is 1. The van der Waals surface area contributed by atoms with Crippen LogP contribution < -0.4 is 5.32 Å². The Morgan fingerprint density at radius 1 is 1.17 bits per heavy atom. The largest absolute Gasteiger partial charge is 0.325 e. The Kier molecular flexibility index (Phi) is 6.30. The molecule has 0 heterocycles. The molecular weight excluding hydrogens is 271 g/mol. The van der Waals surface area contributed by atoms with Crippen LogP contribution in [-0.4, -0.2) is 24.0 Å². The molecule has 0 bridgehead atoms. The van der Waals surface area contributed by atoms with Crippen LogP contribution >= 0.6 is 23.2 Å². The van der Waals surface area contributed by atoms with Gasteiger partial charge in [-0.1, -0.05) is 43.1 Å². The lowest BCUT2D eigenvalue weighted by atomic mass is 10.3. The lowest BCUT2D eigenvalue weighted by molar-refractivity contribution is 0.211. The number of para-hydroxylation sites is 1. The van der Waals surface area contributed by atoms with Gasteiger partial charge in [-0.05, 0) is 25.0 Å². The van der Waals surface area contributed by atoms with Crippen LogP contribution in [0.4, 0.5) is 10.5 Å². The Labute approximate surface area is 118 Å². The number of nitrogens with zero attached hydrogens (tertiary/aromatic N) is 1. The fourth-order valence-electron chi connectivity index (χ4n) is 1.66. The van der Waals surface area contributed by atoms with E-state index in [4.69, 9.17) is 23.2 Å². The number of rotatable bonds is 5. The van der Waals surface area contributed by atoms with Crippen molar-refractivity contribution in [1.82, 2.24) is 4.90 Å². The maximum absolute atomic E-state index is 12.1. The zero-order valence-electron chi connectivity index (χ0n) is 10.7. The van der Waals surface area contributed by atoms with Gasteiger partial charge in [0.05, 0.1) is 15.7 Å². The minimum atomic E-state index is -0.159. The van der Waals surface area contributed by atoms with Crippen LogP contribution in [0.1, 0.15) is 26.7 Å². The molecule has 0 aliphatic heterocycles. The van der Waals surface area contributed by atoms with Crippen molar-refractivity contribution in [1.29, 1.82) is 0 Å². The monoisotopic (exact) mass is 288 g/mol. The Morgan fingerprint density at radius 3 is 2.11 bits per heavy atom. The second-order valence-electron chi connectivity index (χ2n) is 4.01. The molecule has 0 fully saturated rings. The zero-order valence-corrected chi connectivity index (χ0v) is 12.2. The van der Waals surface area contributed by atoms with Crippen LogP contribution in [0.5, 0.6) is 0 Å². The first kappa shape index (κ1) is 15.1. The van der Waals surface area contributed by atoms with Crippen LogP contribution in [0, 0.1) is 0 Å². The number of hydrogen-bond acceptors (Lipinski definition) is 1. The molecule has 1 aromatic carbocycles. The minimum absolute atomic E-state index is 0.159. The van der Waals surface area contributed by atoms with E-state index in [1.807, 2.05) is 13.8 Å². The molecule has 0 aromatic heterocycles. The summed E-state index contributed by atoms with van der Waals surface area (Å²) in [6.07, 6.45) is 1.84. The molecule has 2 amide bonds. The quantitative estimate of drug-likeness (QED) is 0.841. The first-order valence-corrected chi connectivity index (χ1v) is 6.85. The predicted octanol–water partition coefficient (Wildman–Crippen LogP) is 4.65. The van der Waals surface area contributed by atoms with Crippen molar-refractivity contribution in [2.45, 2.75) is 26.7 Å². The lowest BCUT2D eigenvalue weighted by Crippen LogP contribution is -2.36. The van der Waals surface area contributed by atoms with E-state index in [9.17, 15) is 4.79 Å². The average molecular weight is 289 g/mol. The van der Waals surface area contributed by atoms with Gasteiger partial charge in [0, 0.05) is 13.1 Å². The lowest BCUT2D eigenvalue weighted by Gasteiger charge is -2.22. The van der Waals surface area contributed by atoms with E-state index in [2.05, 4.69) is 5.32 Å². The van der Waals surface area contributed by atoms with E-state index in [0.717, 1.165) is 25.9 Å². The molecule has 0 aliphatic rings. The number of halogens is 2. The summed E-state index contributed by atoms with van der Waals surface area (Å²) in [6, 6.07) is 4.99. The highest BCUT2D eigenvalue weighted by atomic mass is 35.5. The van der Waals surface area contributed by atoms with E-state index in [1.165, 1.54) is 0 Å². The third kappa shape index (κ3) is 4.07. The van der Waals surface area contributed by atoms with E-state index >= 15 is 0 Å². The normalized spacial score (nSPS) is 10.2. The van der Waals surface area contributed by atoms with Crippen molar-refractivity contribution >= 4 is 34.9 Å². The number of nitrogens with one attached hydrogen (secondary N) is 1. The second-order valence-corrected chi connectivity index (χ2v) is 4.83. The number of amides is 2. The van der Waals surface area contributed by atoms with E-state index < -0.39 is 0 Å². The van der Waals surface area contributed by atoms with Crippen LogP contribution in [-0.2, 0) is 0 Å². The van der Waals surface area contributed by atoms with Crippen LogP contribution in [0.15, 0.2) is 18.2 Å². The molecule has 1 N–H and O–H groups in total. The van der Waals surface area contributed by atoms with Gasteiger partial charge in [0.25, 0.3) is 0 Å². The molecule has 0 spiro atoms. The number of anilines is 1. The third-order valence-electron chi connectivity index (χ3n) is 2.47. The maximum atomic E-state index is 12.1. The fourth-order valence-corrected chi connectivity index (χ4v) is 2.15. The summed E-state index contributed by atoms with van der Waals surface area (Å²) in [5.41, 5.74) is 0.475. The molecule has 100 valence electrons. The van der Waals surface area contributed by atoms with Crippen molar-refractivity contribution in [3.63, 3.8) is 0 Å².